The van der Waals surface area contributed by atoms with E-state index in [1.54, 1.807) is 7.11 Å². The Morgan fingerprint density at radius 3 is 2.52 bits per heavy atom. The van der Waals surface area contributed by atoms with Crippen molar-refractivity contribution in [2.45, 2.75) is 37.1 Å². The maximum absolute atomic E-state index is 6.23. The molecule has 2 aliphatic rings. The number of ether oxygens (including phenoxy) is 1. The SMILES string of the molecule is COCCN1CCN(C2CCC(CN)(c3cccc(Cl)c3)CC2)CC1. The van der Waals surface area contributed by atoms with Gasteiger partial charge in [0.2, 0.25) is 0 Å². The predicted molar refractivity (Wildman–Crippen MR) is 104 cm³/mol. The Hall–Kier alpha value is -0.650. The summed E-state index contributed by atoms with van der Waals surface area (Å²) in [6.07, 6.45) is 4.81. The minimum atomic E-state index is 0.113. The lowest BCUT2D eigenvalue weighted by atomic mass is 9.68. The van der Waals surface area contributed by atoms with Crippen molar-refractivity contribution in [3.8, 4) is 0 Å². The van der Waals surface area contributed by atoms with Gasteiger partial charge in [0.25, 0.3) is 0 Å². The molecule has 140 valence electrons. The van der Waals surface area contributed by atoms with Crippen LogP contribution in [0.15, 0.2) is 24.3 Å². The Balaban J connectivity index is 1.54. The Morgan fingerprint density at radius 2 is 1.92 bits per heavy atom. The fraction of sp³-hybridized carbons (Fsp3) is 0.700. The molecule has 4 nitrogen and oxygen atoms in total. The van der Waals surface area contributed by atoms with Gasteiger partial charge in [0.05, 0.1) is 6.61 Å². The van der Waals surface area contributed by atoms with E-state index in [1.807, 2.05) is 6.07 Å². The van der Waals surface area contributed by atoms with Crippen molar-refractivity contribution < 1.29 is 4.74 Å². The van der Waals surface area contributed by atoms with Crippen LogP contribution >= 0.6 is 11.6 Å². The number of hydrogen-bond donors (Lipinski definition) is 1. The van der Waals surface area contributed by atoms with E-state index in [1.165, 1.54) is 44.3 Å². The fourth-order valence-corrected chi connectivity index (χ4v) is 4.71. The molecule has 1 aromatic rings. The monoisotopic (exact) mass is 365 g/mol. The zero-order valence-electron chi connectivity index (χ0n) is 15.4. The summed E-state index contributed by atoms with van der Waals surface area (Å²) in [7, 11) is 1.78. The van der Waals surface area contributed by atoms with Crippen molar-refractivity contribution in [2.75, 3.05) is 53.0 Å². The number of piperazine rings is 1. The maximum atomic E-state index is 6.23. The van der Waals surface area contributed by atoms with Crippen LogP contribution < -0.4 is 5.73 Å². The lowest BCUT2D eigenvalue weighted by Gasteiger charge is -2.46. The van der Waals surface area contributed by atoms with Gasteiger partial charge in [0.1, 0.15) is 0 Å². The van der Waals surface area contributed by atoms with E-state index in [2.05, 4.69) is 28.0 Å². The zero-order valence-corrected chi connectivity index (χ0v) is 16.2. The standard InChI is InChI=1S/C20H32ClN3O/c1-25-14-13-23-9-11-24(12-10-23)19-5-7-20(16-22,8-6-19)17-3-2-4-18(21)15-17/h2-4,15,19H,5-14,16,22H2,1H3. The first-order chi connectivity index (χ1) is 12.2. The smallest absolute Gasteiger partial charge is 0.0589 e. The van der Waals surface area contributed by atoms with E-state index in [-0.39, 0.29) is 5.41 Å². The number of methoxy groups -OCH3 is 1. The number of rotatable bonds is 6. The van der Waals surface area contributed by atoms with Crippen LogP contribution in [0.3, 0.4) is 0 Å². The average molecular weight is 366 g/mol. The summed E-state index contributed by atoms with van der Waals surface area (Å²) in [6, 6.07) is 9.03. The molecule has 25 heavy (non-hydrogen) atoms. The minimum Gasteiger partial charge on any atom is -0.383 e. The minimum absolute atomic E-state index is 0.113. The normalized spacial score (nSPS) is 29.0. The molecule has 2 fully saturated rings. The van der Waals surface area contributed by atoms with Crippen LogP contribution in [0.2, 0.25) is 5.02 Å². The molecule has 1 heterocycles. The van der Waals surface area contributed by atoms with Gasteiger partial charge in [-0.25, -0.2) is 0 Å². The van der Waals surface area contributed by atoms with E-state index < -0.39 is 0 Å². The van der Waals surface area contributed by atoms with E-state index in [9.17, 15) is 0 Å². The van der Waals surface area contributed by atoms with Crippen molar-refractivity contribution in [3.05, 3.63) is 34.9 Å². The van der Waals surface area contributed by atoms with Crippen molar-refractivity contribution in [3.63, 3.8) is 0 Å². The number of hydrogen-bond acceptors (Lipinski definition) is 4. The van der Waals surface area contributed by atoms with Crippen LogP contribution in [0.25, 0.3) is 0 Å². The highest BCUT2D eigenvalue weighted by Crippen LogP contribution is 2.40. The fourth-order valence-electron chi connectivity index (χ4n) is 4.52. The molecule has 3 rings (SSSR count). The first kappa shape index (κ1) is 19.1. The summed E-state index contributed by atoms with van der Waals surface area (Å²) < 4.78 is 5.20. The van der Waals surface area contributed by atoms with Crippen molar-refractivity contribution in [2.24, 2.45) is 5.73 Å². The number of benzene rings is 1. The molecule has 0 spiro atoms. The van der Waals surface area contributed by atoms with Crippen LogP contribution in [0.1, 0.15) is 31.2 Å². The molecular weight excluding hydrogens is 334 g/mol. The summed E-state index contributed by atoms with van der Waals surface area (Å²) in [5, 5.41) is 0.819. The van der Waals surface area contributed by atoms with E-state index in [0.717, 1.165) is 31.3 Å². The van der Waals surface area contributed by atoms with Crippen LogP contribution in [0, 0.1) is 0 Å². The van der Waals surface area contributed by atoms with Gasteiger partial charge in [-0.05, 0) is 43.4 Å². The summed E-state index contributed by atoms with van der Waals surface area (Å²) >= 11 is 6.22. The highest BCUT2D eigenvalue weighted by atomic mass is 35.5. The first-order valence-corrected chi connectivity index (χ1v) is 9.96. The second-order valence-corrected chi connectivity index (χ2v) is 8.03. The molecule has 0 radical (unpaired) electrons. The molecule has 0 bridgehead atoms. The second-order valence-electron chi connectivity index (χ2n) is 7.60. The second kappa shape index (κ2) is 8.83. The summed E-state index contributed by atoms with van der Waals surface area (Å²) in [5.41, 5.74) is 7.67. The van der Waals surface area contributed by atoms with Crippen molar-refractivity contribution >= 4 is 11.6 Å². The topological polar surface area (TPSA) is 41.7 Å². The Labute approximate surface area is 157 Å². The van der Waals surface area contributed by atoms with Gasteiger partial charge in [0.15, 0.2) is 0 Å². The highest BCUT2D eigenvalue weighted by molar-refractivity contribution is 6.30. The van der Waals surface area contributed by atoms with E-state index >= 15 is 0 Å². The van der Waals surface area contributed by atoms with E-state index in [4.69, 9.17) is 22.1 Å². The first-order valence-electron chi connectivity index (χ1n) is 9.58. The van der Waals surface area contributed by atoms with Gasteiger partial charge in [-0.3, -0.25) is 9.80 Å². The van der Waals surface area contributed by atoms with Gasteiger partial charge in [-0.15, -0.1) is 0 Å². The van der Waals surface area contributed by atoms with Gasteiger partial charge < -0.3 is 10.5 Å². The lowest BCUT2D eigenvalue weighted by Crippen LogP contribution is -2.53. The third kappa shape index (κ3) is 4.55. The molecule has 0 aromatic heterocycles. The molecule has 0 amide bonds. The molecule has 0 atom stereocenters. The number of halogens is 1. The molecule has 1 saturated heterocycles. The summed E-state index contributed by atoms with van der Waals surface area (Å²) in [6.45, 7) is 7.29. The molecule has 5 heteroatoms. The molecule has 2 N–H and O–H groups in total. The highest BCUT2D eigenvalue weighted by Gasteiger charge is 2.38. The molecular formula is C20H32ClN3O. The Bertz CT molecular complexity index is 537. The quantitative estimate of drug-likeness (QED) is 0.841. The van der Waals surface area contributed by atoms with Crippen molar-refractivity contribution in [1.29, 1.82) is 0 Å². The van der Waals surface area contributed by atoms with Crippen LogP contribution in [-0.2, 0) is 10.2 Å². The predicted octanol–water partition coefficient (Wildman–Crippen LogP) is 2.74. The third-order valence-electron chi connectivity index (χ3n) is 6.27. The number of nitrogens with two attached hydrogens (primary N) is 1. The van der Waals surface area contributed by atoms with E-state index in [0.29, 0.717) is 12.6 Å². The van der Waals surface area contributed by atoms with Gasteiger partial charge in [-0.1, -0.05) is 23.7 Å². The molecule has 1 aromatic carbocycles. The lowest BCUT2D eigenvalue weighted by molar-refractivity contribution is 0.0536. The maximum Gasteiger partial charge on any atom is 0.0589 e. The number of nitrogens with zero attached hydrogens (tertiary/aromatic N) is 2. The third-order valence-corrected chi connectivity index (χ3v) is 6.51. The van der Waals surface area contributed by atoms with Crippen LogP contribution in [0.5, 0.6) is 0 Å². The largest absolute Gasteiger partial charge is 0.383 e. The van der Waals surface area contributed by atoms with Gasteiger partial charge >= 0.3 is 0 Å². The van der Waals surface area contributed by atoms with Gasteiger partial charge in [-0.2, -0.15) is 0 Å². The Morgan fingerprint density at radius 1 is 1.20 bits per heavy atom. The van der Waals surface area contributed by atoms with Crippen LogP contribution in [-0.4, -0.2) is 68.8 Å². The van der Waals surface area contributed by atoms with Gasteiger partial charge in [0, 0.05) is 62.9 Å². The molecule has 1 aliphatic heterocycles. The molecule has 1 saturated carbocycles. The molecule has 1 aliphatic carbocycles. The Kier molecular flexibility index (Phi) is 6.75. The average Bonchev–Trinajstić information content (AvgIpc) is 2.67. The molecule has 0 unspecified atom stereocenters. The summed E-state index contributed by atoms with van der Waals surface area (Å²) in [4.78, 5) is 5.21. The van der Waals surface area contributed by atoms with Crippen molar-refractivity contribution in [1.82, 2.24) is 9.80 Å². The summed E-state index contributed by atoms with van der Waals surface area (Å²) in [5.74, 6) is 0. The zero-order chi connectivity index (χ0) is 17.7. The van der Waals surface area contributed by atoms with Crippen LogP contribution in [0.4, 0.5) is 0 Å².